The molecule has 0 saturated heterocycles. The molecule has 15 heteroatoms. The van der Waals surface area contributed by atoms with Crippen molar-refractivity contribution in [1.82, 2.24) is 25.7 Å². The smallest absolute Gasteiger partial charge is 0.222 e. The zero-order chi connectivity index (χ0) is 28.4. The van der Waals surface area contributed by atoms with Crippen molar-refractivity contribution in [2.45, 2.75) is 13.0 Å². The van der Waals surface area contributed by atoms with E-state index in [9.17, 15) is 4.79 Å². The van der Waals surface area contributed by atoms with Crippen LogP contribution in [-0.4, -0.2) is 125 Å². The van der Waals surface area contributed by atoms with Gasteiger partial charge in [0.25, 0.3) is 0 Å². The Bertz CT molecular complexity index is 873. The molecular weight excluding hydrogens is 560 g/mol. The zero-order valence-electron chi connectivity index (χ0n) is 23.4. The number of nitrogens with zero attached hydrogens (tertiary/aromatic N) is 4. The van der Waals surface area contributed by atoms with E-state index in [-0.39, 0.29) is 24.7 Å². The number of aromatic nitrogens is 4. The molecule has 2 aromatic rings. The Kier molecular flexibility index (Phi) is 23.7. The van der Waals surface area contributed by atoms with E-state index in [2.05, 4.69) is 25.7 Å². The first-order valence-electron chi connectivity index (χ1n) is 13.4. The maximum atomic E-state index is 12.0. The van der Waals surface area contributed by atoms with Gasteiger partial charge in [-0.15, -0.1) is 32.8 Å². The molecule has 0 spiro atoms. The van der Waals surface area contributed by atoms with E-state index >= 15 is 0 Å². The number of halogens is 1. The highest BCUT2D eigenvalue weighted by molar-refractivity contribution is 5.85. The summed E-state index contributed by atoms with van der Waals surface area (Å²) in [5, 5.41) is 18.1. The van der Waals surface area contributed by atoms with Gasteiger partial charge in [0.1, 0.15) is 0 Å². The van der Waals surface area contributed by atoms with Crippen LogP contribution < -0.4 is 11.1 Å². The molecule has 3 N–H and O–H groups in total. The van der Waals surface area contributed by atoms with Gasteiger partial charge in [-0.2, -0.15) is 0 Å². The van der Waals surface area contributed by atoms with Gasteiger partial charge in [0.15, 0.2) is 6.33 Å². The van der Waals surface area contributed by atoms with Gasteiger partial charge >= 0.3 is 0 Å². The number of hydrogen-bond donors (Lipinski definition) is 2. The Hall–Kier alpha value is -2.40. The third kappa shape index (κ3) is 20.2. The minimum Gasteiger partial charge on any atom is -0.379 e. The highest BCUT2D eigenvalue weighted by Crippen LogP contribution is 2.13. The molecule has 0 unspecified atom stereocenters. The molecule has 0 radical (unpaired) electrons. The minimum absolute atomic E-state index is 0. The molecule has 0 fully saturated rings. The first-order valence-corrected chi connectivity index (χ1v) is 13.4. The van der Waals surface area contributed by atoms with Gasteiger partial charge in [0.2, 0.25) is 11.7 Å². The maximum absolute atomic E-state index is 12.0. The zero-order valence-corrected chi connectivity index (χ0v) is 24.3. The van der Waals surface area contributed by atoms with Crippen LogP contribution in [0.2, 0.25) is 0 Å². The van der Waals surface area contributed by atoms with Crippen LogP contribution in [0.25, 0.3) is 11.4 Å². The Balaban J connectivity index is 0.00000840. The van der Waals surface area contributed by atoms with Gasteiger partial charge in [0.05, 0.1) is 92.5 Å². The minimum atomic E-state index is -0.0822. The Morgan fingerprint density at radius 1 is 0.634 bits per heavy atom. The van der Waals surface area contributed by atoms with Crippen molar-refractivity contribution < 1.29 is 38.0 Å². The Morgan fingerprint density at radius 2 is 1.05 bits per heavy atom. The number of nitrogens with two attached hydrogens (primary N) is 1. The SMILES string of the molecule is Cl.NCCOCCOCCOCCOCCOCCOCCOCCC(=O)NCc1ccc(-c2nncnn2)cc1. The van der Waals surface area contributed by atoms with E-state index in [1.165, 1.54) is 6.33 Å². The lowest BCUT2D eigenvalue weighted by Gasteiger charge is -2.09. The Labute approximate surface area is 247 Å². The number of amides is 1. The van der Waals surface area contributed by atoms with Crippen LogP contribution >= 0.6 is 12.4 Å². The molecule has 14 nitrogen and oxygen atoms in total. The van der Waals surface area contributed by atoms with Gasteiger partial charge in [0, 0.05) is 25.1 Å². The third-order valence-electron chi connectivity index (χ3n) is 5.08. The van der Waals surface area contributed by atoms with Crippen molar-refractivity contribution in [3.8, 4) is 11.4 Å². The van der Waals surface area contributed by atoms with Gasteiger partial charge in [-0.1, -0.05) is 24.3 Å². The van der Waals surface area contributed by atoms with E-state index in [0.717, 1.165) is 11.1 Å². The maximum Gasteiger partial charge on any atom is 0.222 e. The number of nitrogens with one attached hydrogen (secondary N) is 1. The van der Waals surface area contributed by atoms with Gasteiger partial charge in [-0.25, -0.2) is 0 Å². The van der Waals surface area contributed by atoms with Crippen LogP contribution in [0.5, 0.6) is 0 Å². The molecule has 0 aliphatic carbocycles. The van der Waals surface area contributed by atoms with Crippen molar-refractivity contribution in [2.75, 3.05) is 99.0 Å². The predicted molar refractivity (Wildman–Crippen MR) is 152 cm³/mol. The summed E-state index contributed by atoms with van der Waals surface area (Å²) in [4.78, 5) is 12.0. The summed E-state index contributed by atoms with van der Waals surface area (Å²) in [6.45, 7) is 7.72. The van der Waals surface area contributed by atoms with Crippen molar-refractivity contribution in [2.24, 2.45) is 5.73 Å². The number of rotatable bonds is 26. The van der Waals surface area contributed by atoms with Crippen molar-refractivity contribution >= 4 is 18.3 Å². The molecular formula is C26H43ClN6O8. The van der Waals surface area contributed by atoms with Crippen LogP contribution in [-0.2, 0) is 44.5 Å². The summed E-state index contributed by atoms with van der Waals surface area (Å²) in [5.41, 5.74) is 7.09. The quantitative estimate of drug-likeness (QED) is 0.142. The van der Waals surface area contributed by atoms with E-state index < -0.39 is 0 Å². The lowest BCUT2D eigenvalue weighted by atomic mass is 10.1. The topological polar surface area (TPSA) is 171 Å². The lowest BCUT2D eigenvalue weighted by Crippen LogP contribution is -2.24. The third-order valence-corrected chi connectivity index (χ3v) is 5.08. The largest absolute Gasteiger partial charge is 0.379 e. The molecule has 0 saturated carbocycles. The van der Waals surface area contributed by atoms with Crippen LogP contribution in [0.4, 0.5) is 0 Å². The van der Waals surface area contributed by atoms with E-state index in [0.29, 0.717) is 111 Å². The second kappa shape index (κ2) is 26.5. The number of carbonyl (C=O) groups excluding carboxylic acids is 1. The fraction of sp³-hybridized carbons (Fsp3) is 0.654. The van der Waals surface area contributed by atoms with Gasteiger partial charge < -0.3 is 44.2 Å². The summed E-state index contributed by atoms with van der Waals surface area (Å²) in [7, 11) is 0. The normalized spacial score (nSPS) is 10.9. The summed E-state index contributed by atoms with van der Waals surface area (Å²) in [6, 6.07) is 7.53. The summed E-state index contributed by atoms with van der Waals surface area (Å²) in [5.74, 6) is 0.371. The fourth-order valence-electron chi connectivity index (χ4n) is 3.05. The van der Waals surface area contributed by atoms with Crippen molar-refractivity contribution in [3.63, 3.8) is 0 Å². The predicted octanol–water partition coefficient (Wildman–Crippen LogP) is 0.437. The van der Waals surface area contributed by atoms with E-state index in [4.69, 9.17) is 38.9 Å². The molecule has 0 atom stereocenters. The summed E-state index contributed by atoms with van der Waals surface area (Å²) < 4.78 is 37.8. The molecule has 1 amide bonds. The van der Waals surface area contributed by atoms with Crippen molar-refractivity contribution in [3.05, 3.63) is 36.2 Å². The van der Waals surface area contributed by atoms with Gasteiger partial charge in [-0.05, 0) is 5.56 Å². The average molecular weight is 603 g/mol. The molecule has 41 heavy (non-hydrogen) atoms. The molecule has 0 bridgehead atoms. The summed E-state index contributed by atoms with van der Waals surface area (Å²) in [6.07, 6.45) is 1.56. The highest BCUT2D eigenvalue weighted by Gasteiger charge is 2.04. The average Bonchev–Trinajstić information content (AvgIpc) is 2.99. The second-order valence-electron chi connectivity index (χ2n) is 8.17. The molecule has 1 aromatic heterocycles. The fourth-order valence-corrected chi connectivity index (χ4v) is 3.05. The van der Waals surface area contributed by atoms with E-state index in [1.54, 1.807) is 0 Å². The number of ether oxygens (including phenoxy) is 7. The van der Waals surface area contributed by atoms with Crippen molar-refractivity contribution in [1.29, 1.82) is 0 Å². The first kappa shape index (κ1) is 36.6. The number of hydrogen-bond acceptors (Lipinski definition) is 13. The Morgan fingerprint density at radius 3 is 1.49 bits per heavy atom. The molecule has 1 aromatic carbocycles. The van der Waals surface area contributed by atoms with E-state index in [1.807, 2.05) is 24.3 Å². The first-order chi connectivity index (χ1) is 19.8. The molecule has 232 valence electrons. The monoisotopic (exact) mass is 602 g/mol. The van der Waals surface area contributed by atoms with Crippen LogP contribution in [0, 0.1) is 0 Å². The molecule has 1 heterocycles. The summed E-state index contributed by atoms with van der Waals surface area (Å²) >= 11 is 0. The van der Waals surface area contributed by atoms with Crippen LogP contribution in [0.1, 0.15) is 12.0 Å². The molecule has 2 rings (SSSR count). The standard InChI is InChI=1S/C26H42N6O8.ClH/c27-6-8-35-10-12-37-14-16-39-18-20-40-19-17-38-15-13-36-11-9-34-7-5-25(33)28-21-23-1-3-24(4-2-23)26-31-29-22-30-32-26;/h1-4,22H,5-21,27H2,(H,28,33);1H. The molecule has 0 aliphatic heterocycles. The van der Waals surface area contributed by atoms with Gasteiger partial charge in [-0.3, -0.25) is 4.79 Å². The van der Waals surface area contributed by atoms with Crippen LogP contribution in [0.3, 0.4) is 0 Å². The van der Waals surface area contributed by atoms with Crippen LogP contribution in [0.15, 0.2) is 30.6 Å². The lowest BCUT2D eigenvalue weighted by molar-refractivity contribution is -0.122. The molecule has 0 aliphatic rings. The highest BCUT2D eigenvalue weighted by atomic mass is 35.5. The number of carbonyl (C=O) groups is 1. The second-order valence-corrected chi connectivity index (χ2v) is 8.17. The number of benzene rings is 1.